The molecule has 1 rings (SSSR count). The van der Waals surface area contributed by atoms with Crippen molar-refractivity contribution in [1.82, 2.24) is 5.32 Å². The van der Waals surface area contributed by atoms with E-state index in [4.69, 9.17) is 0 Å². The fourth-order valence-corrected chi connectivity index (χ4v) is 1.22. The van der Waals surface area contributed by atoms with Crippen molar-refractivity contribution in [2.45, 2.75) is 32.6 Å². The second kappa shape index (κ2) is 4.16. The van der Waals surface area contributed by atoms with Crippen LogP contribution in [0.25, 0.3) is 0 Å². The molecular weight excluding hydrogens is 138 g/mol. The van der Waals surface area contributed by atoms with E-state index in [1.807, 2.05) is 0 Å². The molecular formula is C9H15NO. The Labute approximate surface area is 67.7 Å². The fourth-order valence-electron chi connectivity index (χ4n) is 1.22. The molecule has 0 bridgehead atoms. The predicted octanol–water partition coefficient (Wildman–Crippen LogP) is 1.62. The highest BCUT2D eigenvalue weighted by Crippen LogP contribution is 2.10. The third-order valence-electron chi connectivity index (χ3n) is 1.88. The van der Waals surface area contributed by atoms with E-state index in [1.165, 1.54) is 0 Å². The molecule has 1 N–H and O–H groups in total. The lowest BCUT2D eigenvalue weighted by Crippen LogP contribution is -2.30. The number of unbranched alkanes of at least 4 members (excludes halogenated alkanes) is 1. The van der Waals surface area contributed by atoms with E-state index in [0.29, 0.717) is 0 Å². The number of piperidine rings is 1. The van der Waals surface area contributed by atoms with Gasteiger partial charge in [-0.3, -0.25) is 4.79 Å². The molecule has 62 valence electrons. The van der Waals surface area contributed by atoms with Crippen LogP contribution in [0.3, 0.4) is 0 Å². The van der Waals surface area contributed by atoms with Gasteiger partial charge >= 0.3 is 0 Å². The Kier molecular flexibility index (Phi) is 3.14. The molecule has 2 nitrogen and oxygen atoms in total. The number of hydrogen-bond acceptors (Lipinski definition) is 1. The molecule has 0 radical (unpaired) electrons. The molecule has 0 aromatic carbocycles. The van der Waals surface area contributed by atoms with E-state index < -0.39 is 0 Å². The molecule has 0 spiro atoms. The molecule has 1 aliphatic rings. The molecule has 0 aromatic rings. The maximum Gasteiger partial charge on any atom is 0.246 e. The molecule has 0 atom stereocenters. The first-order chi connectivity index (χ1) is 5.34. The highest BCUT2D eigenvalue weighted by atomic mass is 16.1. The lowest BCUT2D eigenvalue weighted by atomic mass is 10.0. The van der Waals surface area contributed by atoms with E-state index in [9.17, 15) is 4.79 Å². The van der Waals surface area contributed by atoms with Crippen molar-refractivity contribution in [2.24, 2.45) is 0 Å². The van der Waals surface area contributed by atoms with Crippen molar-refractivity contribution >= 4 is 5.91 Å². The summed E-state index contributed by atoms with van der Waals surface area (Å²) in [6, 6.07) is 0. The average Bonchev–Trinajstić information content (AvgIpc) is 2.03. The minimum atomic E-state index is 0.143. The lowest BCUT2D eigenvalue weighted by Gasteiger charge is -2.14. The second-order valence-electron chi connectivity index (χ2n) is 2.88. The molecule has 1 fully saturated rings. The van der Waals surface area contributed by atoms with Gasteiger partial charge in [-0.05, 0) is 19.3 Å². The Bertz CT molecular complexity index is 172. The summed E-state index contributed by atoms with van der Waals surface area (Å²) in [5.41, 5.74) is 0.984. The fraction of sp³-hybridized carbons (Fsp3) is 0.667. The summed E-state index contributed by atoms with van der Waals surface area (Å²) in [5, 5.41) is 2.83. The topological polar surface area (TPSA) is 29.1 Å². The standard InChI is InChI=1S/C9H15NO/c1-2-3-5-8-6-4-7-10-9(8)11/h5H,2-4,6-7H2,1H3,(H,10,11). The zero-order valence-corrected chi connectivity index (χ0v) is 7.02. The summed E-state index contributed by atoms with van der Waals surface area (Å²) in [7, 11) is 0. The minimum Gasteiger partial charge on any atom is -0.352 e. The Balaban J connectivity index is 2.47. The van der Waals surface area contributed by atoms with Gasteiger partial charge in [-0.1, -0.05) is 19.4 Å². The van der Waals surface area contributed by atoms with Crippen LogP contribution in [-0.2, 0) is 4.79 Å². The van der Waals surface area contributed by atoms with Crippen molar-refractivity contribution in [3.05, 3.63) is 11.6 Å². The maximum atomic E-state index is 11.1. The smallest absolute Gasteiger partial charge is 0.246 e. The van der Waals surface area contributed by atoms with Crippen molar-refractivity contribution < 1.29 is 4.79 Å². The van der Waals surface area contributed by atoms with E-state index in [-0.39, 0.29) is 5.91 Å². The average molecular weight is 153 g/mol. The molecule has 1 saturated heterocycles. The van der Waals surface area contributed by atoms with Crippen LogP contribution < -0.4 is 5.32 Å². The summed E-state index contributed by atoms with van der Waals surface area (Å²) in [5.74, 6) is 0.143. The summed E-state index contributed by atoms with van der Waals surface area (Å²) in [6.45, 7) is 2.97. The molecule has 1 heterocycles. The van der Waals surface area contributed by atoms with Crippen molar-refractivity contribution in [2.75, 3.05) is 6.54 Å². The van der Waals surface area contributed by atoms with Gasteiger partial charge in [0.1, 0.15) is 0 Å². The predicted molar refractivity (Wildman–Crippen MR) is 45.2 cm³/mol. The highest BCUT2D eigenvalue weighted by Gasteiger charge is 2.12. The van der Waals surface area contributed by atoms with Crippen LogP contribution in [0.5, 0.6) is 0 Å². The van der Waals surface area contributed by atoms with Gasteiger partial charge < -0.3 is 5.32 Å². The first kappa shape index (κ1) is 8.31. The number of hydrogen-bond donors (Lipinski definition) is 1. The Hall–Kier alpha value is -0.790. The summed E-state index contributed by atoms with van der Waals surface area (Å²) >= 11 is 0. The van der Waals surface area contributed by atoms with Crippen LogP contribution in [0, 0.1) is 0 Å². The minimum absolute atomic E-state index is 0.143. The largest absolute Gasteiger partial charge is 0.352 e. The van der Waals surface area contributed by atoms with Crippen LogP contribution in [0.1, 0.15) is 32.6 Å². The zero-order chi connectivity index (χ0) is 8.10. The van der Waals surface area contributed by atoms with Crippen LogP contribution in [0.15, 0.2) is 11.6 Å². The Morgan fingerprint density at radius 3 is 3.09 bits per heavy atom. The van der Waals surface area contributed by atoms with Crippen LogP contribution in [-0.4, -0.2) is 12.5 Å². The van der Waals surface area contributed by atoms with Crippen LogP contribution in [0.2, 0.25) is 0 Å². The first-order valence-electron chi connectivity index (χ1n) is 4.32. The molecule has 11 heavy (non-hydrogen) atoms. The first-order valence-corrected chi connectivity index (χ1v) is 4.32. The van der Waals surface area contributed by atoms with Crippen LogP contribution in [0.4, 0.5) is 0 Å². The van der Waals surface area contributed by atoms with Gasteiger partial charge in [0.2, 0.25) is 5.91 Å². The van der Waals surface area contributed by atoms with Crippen molar-refractivity contribution in [1.29, 1.82) is 0 Å². The molecule has 0 saturated carbocycles. The number of nitrogens with one attached hydrogen (secondary N) is 1. The van der Waals surface area contributed by atoms with E-state index in [2.05, 4.69) is 18.3 Å². The van der Waals surface area contributed by atoms with Gasteiger partial charge in [-0.25, -0.2) is 0 Å². The zero-order valence-electron chi connectivity index (χ0n) is 7.02. The van der Waals surface area contributed by atoms with Gasteiger partial charge in [0, 0.05) is 12.1 Å². The monoisotopic (exact) mass is 153 g/mol. The third-order valence-corrected chi connectivity index (χ3v) is 1.88. The van der Waals surface area contributed by atoms with Gasteiger partial charge in [0.05, 0.1) is 0 Å². The number of rotatable bonds is 2. The molecule has 2 heteroatoms. The number of carbonyl (C=O) groups excluding carboxylic acids is 1. The highest BCUT2D eigenvalue weighted by molar-refractivity contribution is 5.93. The normalized spacial score (nSPS) is 21.9. The number of allylic oxidation sites excluding steroid dienone is 1. The second-order valence-corrected chi connectivity index (χ2v) is 2.88. The summed E-state index contributed by atoms with van der Waals surface area (Å²) in [6.07, 6.45) is 6.28. The van der Waals surface area contributed by atoms with Gasteiger partial charge in [-0.15, -0.1) is 0 Å². The van der Waals surface area contributed by atoms with Gasteiger partial charge in [0.25, 0.3) is 0 Å². The Morgan fingerprint density at radius 2 is 2.45 bits per heavy atom. The van der Waals surface area contributed by atoms with Crippen LogP contribution >= 0.6 is 0 Å². The molecule has 1 aliphatic heterocycles. The molecule has 0 unspecified atom stereocenters. The summed E-state index contributed by atoms with van der Waals surface area (Å²) in [4.78, 5) is 11.1. The van der Waals surface area contributed by atoms with Crippen molar-refractivity contribution in [3.63, 3.8) is 0 Å². The number of amides is 1. The van der Waals surface area contributed by atoms with Gasteiger partial charge in [-0.2, -0.15) is 0 Å². The third kappa shape index (κ3) is 2.37. The summed E-state index contributed by atoms with van der Waals surface area (Å²) < 4.78 is 0. The lowest BCUT2D eigenvalue weighted by molar-refractivity contribution is -0.118. The maximum absolute atomic E-state index is 11.1. The Morgan fingerprint density at radius 1 is 1.64 bits per heavy atom. The van der Waals surface area contributed by atoms with Gasteiger partial charge in [0.15, 0.2) is 0 Å². The quantitative estimate of drug-likeness (QED) is 0.600. The number of carbonyl (C=O) groups is 1. The molecule has 1 amide bonds. The molecule has 0 aliphatic carbocycles. The van der Waals surface area contributed by atoms with Crippen molar-refractivity contribution in [3.8, 4) is 0 Å². The van der Waals surface area contributed by atoms with E-state index >= 15 is 0 Å². The molecule has 0 aromatic heterocycles. The SMILES string of the molecule is CCCC=C1CCCNC1=O. The van der Waals surface area contributed by atoms with E-state index in [1.54, 1.807) is 0 Å². The van der Waals surface area contributed by atoms with E-state index in [0.717, 1.165) is 37.8 Å².